The van der Waals surface area contributed by atoms with Gasteiger partial charge in [-0.1, -0.05) is 29.3 Å². The molecular weight excluding hydrogens is 267 g/mol. The Morgan fingerprint density at radius 3 is 2.89 bits per heavy atom. The lowest BCUT2D eigenvalue weighted by molar-refractivity contribution is 0.756. The molecule has 1 aromatic carbocycles. The van der Waals surface area contributed by atoms with E-state index in [-0.39, 0.29) is 0 Å². The molecule has 0 spiro atoms. The Labute approximate surface area is 116 Å². The first kappa shape index (κ1) is 11.8. The number of nitrogens with zero attached hydrogens (tertiary/aromatic N) is 2. The van der Waals surface area contributed by atoms with Crippen LogP contribution in [0.25, 0.3) is 11.6 Å². The number of benzene rings is 1. The van der Waals surface area contributed by atoms with Gasteiger partial charge in [0.05, 0.1) is 11.9 Å². The first-order valence-electron chi connectivity index (χ1n) is 5.82. The van der Waals surface area contributed by atoms with Gasteiger partial charge < -0.3 is 0 Å². The van der Waals surface area contributed by atoms with Crippen molar-refractivity contribution in [3.8, 4) is 0 Å². The van der Waals surface area contributed by atoms with Gasteiger partial charge in [0, 0.05) is 17.1 Å². The Hall–Kier alpha value is -1.25. The first-order valence-corrected chi connectivity index (χ1v) is 6.57. The van der Waals surface area contributed by atoms with E-state index in [4.69, 9.17) is 23.2 Å². The average Bonchev–Trinajstić information content (AvgIpc) is 2.88. The number of allylic oxidation sites excluding steroid dienone is 1. The van der Waals surface area contributed by atoms with Crippen molar-refractivity contribution >= 4 is 34.9 Å². The highest BCUT2D eigenvalue weighted by atomic mass is 35.5. The molecular formula is C14H12Cl2N2. The van der Waals surface area contributed by atoms with Crippen molar-refractivity contribution in [1.29, 1.82) is 0 Å². The van der Waals surface area contributed by atoms with E-state index in [1.807, 2.05) is 30.1 Å². The molecule has 0 fully saturated rings. The van der Waals surface area contributed by atoms with E-state index in [2.05, 4.69) is 11.2 Å². The molecule has 1 heterocycles. The molecule has 0 saturated heterocycles. The molecule has 0 radical (unpaired) electrons. The van der Waals surface area contributed by atoms with Crippen molar-refractivity contribution in [2.45, 2.75) is 12.8 Å². The minimum atomic E-state index is 0.662. The molecule has 1 aliphatic rings. The van der Waals surface area contributed by atoms with Crippen molar-refractivity contribution in [3.05, 3.63) is 51.3 Å². The summed E-state index contributed by atoms with van der Waals surface area (Å²) in [6, 6.07) is 5.58. The summed E-state index contributed by atoms with van der Waals surface area (Å²) >= 11 is 12.1. The maximum absolute atomic E-state index is 6.20. The van der Waals surface area contributed by atoms with E-state index in [0.717, 1.165) is 18.4 Å². The molecule has 2 nitrogen and oxygen atoms in total. The molecule has 2 aromatic rings. The fraction of sp³-hybridized carbons (Fsp3) is 0.214. The Morgan fingerprint density at radius 2 is 2.11 bits per heavy atom. The fourth-order valence-electron chi connectivity index (χ4n) is 2.41. The molecule has 0 unspecified atom stereocenters. The molecule has 0 bridgehead atoms. The monoisotopic (exact) mass is 278 g/mol. The van der Waals surface area contributed by atoms with Crippen LogP contribution in [-0.4, -0.2) is 9.78 Å². The third kappa shape index (κ3) is 1.96. The molecule has 4 heteroatoms. The number of aromatic nitrogens is 2. The normalized spacial score (nSPS) is 16.3. The number of hydrogen-bond acceptors (Lipinski definition) is 1. The fourth-order valence-corrected chi connectivity index (χ4v) is 2.88. The van der Waals surface area contributed by atoms with Gasteiger partial charge in [0.2, 0.25) is 0 Å². The zero-order chi connectivity index (χ0) is 12.7. The molecule has 3 rings (SSSR count). The second kappa shape index (κ2) is 4.45. The standard InChI is InChI=1S/C14H12Cl2N2/c1-18-14-10(2-3-11(14)8-17-18)6-9-4-5-12(15)7-13(9)16/h4-8H,2-3H2,1H3/b10-6+. The van der Waals surface area contributed by atoms with Gasteiger partial charge in [-0.15, -0.1) is 0 Å². The summed E-state index contributed by atoms with van der Waals surface area (Å²) in [4.78, 5) is 0. The highest BCUT2D eigenvalue weighted by Gasteiger charge is 2.20. The van der Waals surface area contributed by atoms with Gasteiger partial charge in [0.15, 0.2) is 0 Å². The number of hydrogen-bond donors (Lipinski definition) is 0. The lowest BCUT2D eigenvalue weighted by atomic mass is 10.1. The number of fused-ring (bicyclic) bond motifs is 1. The quantitative estimate of drug-likeness (QED) is 0.764. The van der Waals surface area contributed by atoms with Gasteiger partial charge in [-0.2, -0.15) is 5.10 Å². The van der Waals surface area contributed by atoms with Crippen LogP contribution in [-0.2, 0) is 13.5 Å². The summed E-state index contributed by atoms with van der Waals surface area (Å²) in [7, 11) is 1.97. The summed E-state index contributed by atoms with van der Waals surface area (Å²) in [6.07, 6.45) is 6.17. The minimum absolute atomic E-state index is 0.662. The molecule has 1 aliphatic carbocycles. The molecule has 0 amide bonds. The zero-order valence-electron chi connectivity index (χ0n) is 9.95. The largest absolute Gasteiger partial charge is 0.268 e. The van der Waals surface area contributed by atoms with Crippen LogP contribution >= 0.6 is 23.2 Å². The highest BCUT2D eigenvalue weighted by Crippen LogP contribution is 2.34. The predicted octanol–water partition coefficient (Wildman–Crippen LogP) is 4.21. The highest BCUT2D eigenvalue weighted by molar-refractivity contribution is 6.35. The Bertz CT molecular complexity index is 641. The molecule has 1 aromatic heterocycles. The van der Waals surface area contributed by atoms with Crippen molar-refractivity contribution in [1.82, 2.24) is 9.78 Å². The number of aryl methyl sites for hydroxylation is 2. The molecule has 0 aliphatic heterocycles. The van der Waals surface area contributed by atoms with Gasteiger partial charge in [-0.05, 0) is 47.8 Å². The van der Waals surface area contributed by atoms with Gasteiger partial charge in [0.1, 0.15) is 0 Å². The maximum atomic E-state index is 6.20. The number of rotatable bonds is 1. The van der Waals surface area contributed by atoms with E-state index < -0.39 is 0 Å². The third-order valence-electron chi connectivity index (χ3n) is 3.27. The second-order valence-corrected chi connectivity index (χ2v) is 5.32. The number of halogens is 2. The van der Waals surface area contributed by atoms with Gasteiger partial charge >= 0.3 is 0 Å². The lowest BCUT2D eigenvalue weighted by Gasteiger charge is -2.04. The summed E-state index contributed by atoms with van der Waals surface area (Å²) in [5.41, 5.74) is 4.83. The van der Waals surface area contributed by atoms with E-state index in [1.54, 1.807) is 6.07 Å². The van der Waals surface area contributed by atoms with E-state index in [0.29, 0.717) is 10.0 Å². The van der Waals surface area contributed by atoms with Crippen molar-refractivity contribution in [2.75, 3.05) is 0 Å². The molecule has 92 valence electrons. The van der Waals surface area contributed by atoms with Gasteiger partial charge in [0.25, 0.3) is 0 Å². The first-order chi connectivity index (χ1) is 8.65. The molecule has 0 atom stereocenters. The SMILES string of the molecule is Cn1ncc2c1/C(=C/c1ccc(Cl)cc1Cl)CC2. The average molecular weight is 279 g/mol. The molecule has 18 heavy (non-hydrogen) atoms. The van der Waals surface area contributed by atoms with E-state index in [1.165, 1.54) is 16.8 Å². The third-order valence-corrected chi connectivity index (χ3v) is 3.84. The van der Waals surface area contributed by atoms with E-state index >= 15 is 0 Å². The van der Waals surface area contributed by atoms with Crippen LogP contribution < -0.4 is 0 Å². The lowest BCUT2D eigenvalue weighted by Crippen LogP contribution is -1.95. The van der Waals surface area contributed by atoms with Crippen molar-refractivity contribution in [2.24, 2.45) is 7.05 Å². The topological polar surface area (TPSA) is 17.8 Å². The van der Waals surface area contributed by atoms with Crippen LogP contribution in [0.5, 0.6) is 0 Å². The van der Waals surface area contributed by atoms with Crippen LogP contribution in [0, 0.1) is 0 Å². The van der Waals surface area contributed by atoms with Gasteiger partial charge in [-0.25, -0.2) is 0 Å². The Morgan fingerprint density at radius 1 is 1.28 bits per heavy atom. The van der Waals surface area contributed by atoms with Crippen LogP contribution in [0.2, 0.25) is 10.0 Å². The van der Waals surface area contributed by atoms with Crippen molar-refractivity contribution < 1.29 is 0 Å². The predicted molar refractivity (Wildman–Crippen MR) is 75.9 cm³/mol. The zero-order valence-corrected chi connectivity index (χ0v) is 11.5. The Kier molecular flexibility index (Phi) is 2.92. The van der Waals surface area contributed by atoms with Crippen molar-refractivity contribution in [3.63, 3.8) is 0 Å². The van der Waals surface area contributed by atoms with E-state index in [9.17, 15) is 0 Å². The molecule has 0 saturated carbocycles. The summed E-state index contributed by atoms with van der Waals surface area (Å²) < 4.78 is 1.93. The Balaban J connectivity index is 2.06. The van der Waals surface area contributed by atoms with Crippen LogP contribution in [0.3, 0.4) is 0 Å². The van der Waals surface area contributed by atoms with Crippen LogP contribution in [0.4, 0.5) is 0 Å². The summed E-state index contributed by atoms with van der Waals surface area (Å²) in [6.45, 7) is 0. The van der Waals surface area contributed by atoms with Crippen LogP contribution in [0.15, 0.2) is 24.4 Å². The summed E-state index contributed by atoms with van der Waals surface area (Å²) in [5, 5.41) is 5.64. The maximum Gasteiger partial charge on any atom is 0.0670 e. The van der Waals surface area contributed by atoms with Crippen LogP contribution in [0.1, 0.15) is 23.2 Å². The van der Waals surface area contributed by atoms with Gasteiger partial charge in [-0.3, -0.25) is 4.68 Å². The molecule has 0 N–H and O–H groups in total. The smallest absolute Gasteiger partial charge is 0.0670 e. The minimum Gasteiger partial charge on any atom is -0.268 e. The second-order valence-electron chi connectivity index (χ2n) is 4.48. The summed E-state index contributed by atoms with van der Waals surface area (Å²) in [5.74, 6) is 0.